The number of anilines is 1. The molecule has 0 saturated carbocycles. The van der Waals surface area contributed by atoms with Crippen LogP contribution in [-0.2, 0) is 4.79 Å². The zero-order chi connectivity index (χ0) is 19.1. The normalized spacial score (nSPS) is 11.0. The van der Waals surface area contributed by atoms with Gasteiger partial charge in [-0.05, 0) is 44.2 Å². The first kappa shape index (κ1) is 19.4. The summed E-state index contributed by atoms with van der Waals surface area (Å²) in [5.74, 6) is 0.573. The van der Waals surface area contributed by atoms with Gasteiger partial charge in [-0.2, -0.15) is 5.26 Å². The first-order valence-corrected chi connectivity index (χ1v) is 8.34. The van der Waals surface area contributed by atoms with Crippen LogP contribution in [0.5, 0.6) is 11.5 Å². The highest BCUT2D eigenvalue weighted by Gasteiger charge is 2.12. The van der Waals surface area contributed by atoms with Gasteiger partial charge in [0.05, 0.1) is 18.2 Å². The third-order valence-electron chi connectivity index (χ3n) is 3.36. The van der Waals surface area contributed by atoms with Gasteiger partial charge in [-0.3, -0.25) is 4.79 Å². The van der Waals surface area contributed by atoms with E-state index in [4.69, 9.17) is 21.1 Å². The molecule has 0 spiro atoms. The molecule has 0 unspecified atom stereocenters. The number of hydrogen-bond acceptors (Lipinski definition) is 4. The Morgan fingerprint density at radius 3 is 2.58 bits per heavy atom. The molecule has 5 nitrogen and oxygen atoms in total. The summed E-state index contributed by atoms with van der Waals surface area (Å²) in [4.78, 5) is 12.4. The van der Waals surface area contributed by atoms with E-state index >= 15 is 0 Å². The molecule has 0 fully saturated rings. The van der Waals surface area contributed by atoms with E-state index in [-0.39, 0.29) is 11.7 Å². The Kier molecular flexibility index (Phi) is 6.65. The zero-order valence-electron chi connectivity index (χ0n) is 14.7. The van der Waals surface area contributed by atoms with Crippen molar-refractivity contribution < 1.29 is 14.3 Å². The molecule has 0 aliphatic heterocycles. The van der Waals surface area contributed by atoms with Crippen LogP contribution in [0, 0.1) is 11.3 Å². The summed E-state index contributed by atoms with van der Waals surface area (Å²) in [7, 11) is 1.51. The highest BCUT2D eigenvalue weighted by Crippen LogP contribution is 2.28. The Morgan fingerprint density at radius 1 is 1.23 bits per heavy atom. The van der Waals surface area contributed by atoms with Gasteiger partial charge in [0.2, 0.25) is 0 Å². The molecule has 0 heterocycles. The summed E-state index contributed by atoms with van der Waals surface area (Å²) in [6.45, 7) is 3.82. The van der Waals surface area contributed by atoms with E-state index < -0.39 is 5.91 Å². The van der Waals surface area contributed by atoms with Crippen molar-refractivity contribution in [3.63, 3.8) is 0 Å². The molecule has 0 atom stereocenters. The van der Waals surface area contributed by atoms with Crippen LogP contribution in [0.1, 0.15) is 19.4 Å². The molecule has 1 amide bonds. The van der Waals surface area contributed by atoms with Crippen LogP contribution in [0.2, 0.25) is 5.02 Å². The number of amides is 1. The monoisotopic (exact) mass is 370 g/mol. The van der Waals surface area contributed by atoms with Crippen molar-refractivity contribution in [2.75, 3.05) is 12.4 Å². The van der Waals surface area contributed by atoms with E-state index in [0.717, 1.165) is 0 Å². The second-order valence-corrected chi connectivity index (χ2v) is 6.08. The van der Waals surface area contributed by atoms with Crippen molar-refractivity contribution in [3.8, 4) is 17.6 Å². The Bertz CT molecular complexity index is 870. The summed E-state index contributed by atoms with van der Waals surface area (Å²) < 4.78 is 10.8. The molecular formula is C20H19ClN2O3. The summed E-state index contributed by atoms with van der Waals surface area (Å²) in [6, 6.07) is 14.0. The van der Waals surface area contributed by atoms with E-state index in [1.165, 1.54) is 13.2 Å². The Hall–Kier alpha value is -2.97. The molecule has 0 aromatic heterocycles. The van der Waals surface area contributed by atoms with Gasteiger partial charge >= 0.3 is 0 Å². The molecule has 0 radical (unpaired) electrons. The molecule has 2 aromatic carbocycles. The van der Waals surface area contributed by atoms with Crippen molar-refractivity contribution in [1.82, 2.24) is 0 Å². The topological polar surface area (TPSA) is 71.3 Å². The number of carbonyl (C=O) groups is 1. The fourth-order valence-corrected chi connectivity index (χ4v) is 2.47. The van der Waals surface area contributed by atoms with Gasteiger partial charge in [0.1, 0.15) is 23.1 Å². The second kappa shape index (κ2) is 8.93. The number of halogens is 1. The summed E-state index contributed by atoms with van der Waals surface area (Å²) >= 11 is 6.05. The van der Waals surface area contributed by atoms with Gasteiger partial charge in [-0.15, -0.1) is 0 Å². The number of hydrogen-bond donors (Lipinski definition) is 1. The maximum atomic E-state index is 12.4. The van der Waals surface area contributed by atoms with Crippen LogP contribution in [-0.4, -0.2) is 19.1 Å². The largest absolute Gasteiger partial charge is 0.495 e. The van der Waals surface area contributed by atoms with Gasteiger partial charge in [-0.1, -0.05) is 29.8 Å². The highest BCUT2D eigenvalue weighted by molar-refractivity contribution is 6.32. The lowest BCUT2D eigenvalue weighted by Gasteiger charge is -2.12. The highest BCUT2D eigenvalue weighted by atomic mass is 35.5. The number of benzene rings is 2. The lowest BCUT2D eigenvalue weighted by Crippen LogP contribution is -2.13. The summed E-state index contributed by atoms with van der Waals surface area (Å²) in [6.07, 6.45) is 1.48. The van der Waals surface area contributed by atoms with Gasteiger partial charge in [0.15, 0.2) is 0 Å². The van der Waals surface area contributed by atoms with Crippen LogP contribution < -0.4 is 14.8 Å². The molecule has 6 heteroatoms. The summed E-state index contributed by atoms with van der Waals surface area (Å²) in [5.41, 5.74) is 1.08. The Labute approximate surface area is 157 Å². The number of methoxy groups -OCH3 is 1. The average Bonchev–Trinajstić information content (AvgIpc) is 2.60. The minimum absolute atomic E-state index is 0.0228. The van der Waals surface area contributed by atoms with Crippen molar-refractivity contribution >= 4 is 29.3 Å². The van der Waals surface area contributed by atoms with Crippen molar-refractivity contribution in [2.45, 2.75) is 20.0 Å². The quantitative estimate of drug-likeness (QED) is 0.592. The van der Waals surface area contributed by atoms with Gasteiger partial charge in [-0.25, -0.2) is 0 Å². The fraction of sp³-hybridized carbons (Fsp3) is 0.200. The number of nitrogens with one attached hydrogen (secondary N) is 1. The molecule has 134 valence electrons. The maximum Gasteiger partial charge on any atom is 0.266 e. The first-order chi connectivity index (χ1) is 12.4. The van der Waals surface area contributed by atoms with Crippen LogP contribution >= 0.6 is 11.6 Å². The van der Waals surface area contributed by atoms with Crippen LogP contribution in [0.4, 0.5) is 5.69 Å². The van der Waals surface area contributed by atoms with Crippen LogP contribution in [0.25, 0.3) is 6.08 Å². The molecule has 1 N–H and O–H groups in total. The van der Waals surface area contributed by atoms with E-state index in [2.05, 4.69) is 5.32 Å². The van der Waals surface area contributed by atoms with Gasteiger partial charge in [0.25, 0.3) is 5.91 Å². The number of para-hydroxylation sites is 1. The molecule has 2 aromatic rings. The predicted octanol–water partition coefficient (Wildman–Crippen LogP) is 4.68. The number of ether oxygens (including phenoxy) is 2. The van der Waals surface area contributed by atoms with E-state index in [1.54, 1.807) is 30.3 Å². The number of rotatable bonds is 6. The third-order valence-corrected chi connectivity index (χ3v) is 3.65. The zero-order valence-corrected chi connectivity index (χ0v) is 15.5. The van der Waals surface area contributed by atoms with E-state index in [1.807, 2.05) is 32.0 Å². The minimum atomic E-state index is -0.534. The second-order valence-electron chi connectivity index (χ2n) is 5.68. The molecule has 0 saturated heterocycles. The van der Waals surface area contributed by atoms with Gasteiger partial charge < -0.3 is 14.8 Å². The molecule has 0 aliphatic rings. The standard InChI is InChI=1S/C20H19ClN2O3/c1-13(2)26-18-7-5-4-6-14(18)10-15(12-22)20(24)23-16-8-9-19(25-3)17(21)11-16/h4-11,13H,1-3H3,(H,23,24)/b15-10+. The van der Waals surface area contributed by atoms with E-state index in [9.17, 15) is 10.1 Å². The lowest BCUT2D eigenvalue weighted by atomic mass is 10.1. The number of nitrogens with zero attached hydrogens (tertiary/aromatic N) is 1. The first-order valence-electron chi connectivity index (χ1n) is 7.97. The molecular weight excluding hydrogens is 352 g/mol. The van der Waals surface area contributed by atoms with Crippen molar-refractivity contribution in [3.05, 3.63) is 58.6 Å². The minimum Gasteiger partial charge on any atom is -0.495 e. The average molecular weight is 371 g/mol. The van der Waals surface area contributed by atoms with Crippen LogP contribution in [0.15, 0.2) is 48.0 Å². The van der Waals surface area contributed by atoms with Crippen molar-refractivity contribution in [2.24, 2.45) is 0 Å². The maximum absolute atomic E-state index is 12.4. The smallest absolute Gasteiger partial charge is 0.266 e. The fourth-order valence-electron chi connectivity index (χ4n) is 2.21. The Morgan fingerprint density at radius 2 is 1.96 bits per heavy atom. The molecule has 0 aliphatic carbocycles. The lowest BCUT2D eigenvalue weighted by molar-refractivity contribution is -0.112. The van der Waals surface area contributed by atoms with Crippen molar-refractivity contribution in [1.29, 1.82) is 5.26 Å². The molecule has 0 bridgehead atoms. The molecule has 2 rings (SSSR count). The number of nitriles is 1. The molecule has 26 heavy (non-hydrogen) atoms. The third kappa shape index (κ3) is 5.01. The van der Waals surface area contributed by atoms with Crippen LogP contribution in [0.3, 0.4) is 0 Å². The Balaban J connectivity index is 2.25. The summed E-state index contributed by atoms with van der Waals surface area (Å²) in [5, 5.41) is 12.4. The predicted molar refractivity (Wildman–Crippen MR) is 102 cm³/mol. The van der Waals surface area contributed by atoms with E-state index in [0.29, 0.717) is 27.8 Å². The SMILES string of the molecule is COc1ccc(NC(=O)/C(C#N)=C/c2ccccc2OC(C)C)cc1Cl. The number of carbonyl (C=O) groups excluding carboxylic acids is 1. The van der Waals surface area contributed by atoms with Gasteiger partial charge in [0, 0.05) is 11.3 Å².